The Balaban J connectivity index is 1.37. The van der Waals surface area contributed by atoms with Crippen LogP contribution in [0.5, 0.6) is 0 Å². The standard InChI is InChI=1S/C20H23ClN4OS/c21-17-12-18(25-10-2-1-3-11-25)24-20(23-17)27-13-14-4-6-15(7-5-14)19(26)22-16-8-9-16/h4-7,12,16H,1-3,8-11,13H2,(H,22,26). The van der Waals surface area contributed by atoms with Gasteiger partial charge in [-0.25, -0.2) is 9.97 Å². The van der Waals surface area contributed by atoms with Crippen molar-refractivity contribution < 1.29 is 4.79 Å². The Labute approximate surface area is 168 Å². The number of benzene rings is 1. The average Bonchev–Trinajstić information content (AvgIpc) is 3.51. The van der Waals surface area contributed by atoms with Crippen LogP contribution in [0.1, 0.15) is 48.0 Å². The van der Waals surface area contributed by atoms with E-state index in [9.17, 15) is 4.79 Å². The van der Waals surface area contributed by atoms with Crippen molar-refractivity contribution in [3.05, 3.63) is 46.6 Å². The highest BCUT2D eigenvalue weighted by Crippen LogP contribution is 2.26. The van der Waals surface area contributed by atoms with Crippen molar-refractivity contribution in [3.63, 3.8) is 0 Å². The number of aromatic nitrogens is 2. The number of nitrogens with zero attached hydrogens (tertiary/aromatic N) is 3. The molecule has 0 spiro atoms. The van der Waals surface area contributed by atoms with E-state index >= 15 is 0 Å². The lowest BCUT2D eigenvalue weighted by Crippen LogP contribution is -2.30. The molecule has 1 aliphatic carbocycles. The summed E-state index contributed by atoms with van der Waals surface area (Å²) >= 11 is 7.78. The maximum atomic E-state index is 12.1. The van der Waals surface area contributed by atoms with E-state index in [1.165, 1.54) is 19.3 Å². The van der Waals surface area contributed by atoms with E-state index in [4.69, 9.17) is 11.6 Å². The van der Waals surface area contributed by atoms with Crippen LogP contribution in [0.2, 0.25) is 5.15 Å². The fourth-order valence-electron chi connectivity index (χ4n) is 3.13. The maximum Gasteiger partial charge on any atom is 0.251 e. The van der Waals surface area contributed by atoms with Crippen molar-refractivity contribution in [2.24, 2.45) is 0 Å². The molecule has 0 radical (unpaired) electrons. The Hall–Kier alpha value is -1.79. The fourth-order valence-corrected chi connectivity index (χ4v) is 4.17. The summed E-state index contributed by atoms with van der Waals surface area (Å²) in [6.07, 6.45) is 5.88. The highest BCUT2D eigenvalue weighted by Gasteiger charge is 2.23. The van der Waals surface area contributed by atoms with Gasteiger partial charge in [-0.15, -0.1) is 0 Å². The molecule has 0 atom stereocenters. The Kier molecular flexibility index (Phi) is 5.83. The molecule has 5 nitrogen and oxygen atoms in total. The zero-order valence-electron chi connectivity index (χ0n) is 15.2. The van der Waals surface area contributed by atoms with Crippen molar-refractivity contribution in [3.8, 4) is 0 Å². The lowest BCUT2D eigenvalue weighted by molar-refractivity contribution is 0.0951. The van der Waals surface area contributed by atoms with Crippen LogP contribution in [0.15, 0.2) is 35.5 Å². The third-order valence-electron chi connectivity index (χ3n) is 4.84. The molecular weight excluding hydrogens is 380 g/mol. The van der Waals surface area contributed by atoms with Crippen LogP contribution >= 0.6 is 23.4 Å². The van der Waals surface area contributed by atoms with Gasteiger partial charge in [-0.3, -0.25) is 4.79 Å². The number of nitrogens with one attached hydrogen (secondary N) is 1. The second-order valence-corrected chi connectivity index (χ2v) is 8.44. The number of anilines is 1. The first kappa shape index (κ1) is 18.6. The summed E-state index contributed by atoms with van der Waals surface area (Å²) in [4.78, 5) is 23.4. The van der Waals surface area contributed by atoms with E-state index in [1.807, 2.05) is 30.3 Å². The van der Waals surface area contributed by atoms with Gasteiger partial charge in [0.1, 0.15) is 11.0 Å². The third-order valence-corrected chi connectivity index (χ3v) is 5.95. The van der Waals surface area contributed by atoms with Gasteiger partial charge >= 0.3 is 0 Å². The molecule has 2 aromatic rings. The molecule has 1 saturated heterocycles. The molecule has 1 N–H and O–H groups in total. The van der Waals surface area contributed by atoms with Crippen molar-refractivity contribution in [2.75, 3.05) is 18.0 Å². The topological polar surface area (TPSA) is 58.1 Å². The molecular formula is C20H23ClN4OS. The lowest BCUT2D eigenvalue weighted by atomic mass is 10.1. The van der Waals surface area contributed by atoms with Crippen LogP contribution in [0, 0.1) is 0 Å². The normalized spacial score (nSPS) is 17.0. The average molecular weight is 403 g/mol. The second-order valence-electron chi connectivity index (χ2n) is 7.11. The first-order valence-corrected chi connectivity index (χ1v) is 10.9. The SMILES string of the molecule is O=C(NC1CC1)c1ccc(CSc2nc(Cl)cc(N3CCCCC3)n2)cc1. The maximum absolute atomic E-state index is 12.1. The summed E-state index contributed by atoms with van der Waals surface area (Å²) in [5, 5.41) is 4.19. The number of rotatable bonds is 6. The minimum atomic E-state index is 0.0149. The monoisotopic (exact) mass is 402 g/mol. The molecule has 1 aliphatic heterocycles. The van der Waals surface area contributed by atoms with Gasteiger partial charge in [0.2, 0.25) is 0 Å². The number of piperidine rings is 1. The molecule has 27 heavy (non-hydrogen) atoms. The highest BCUT2D eigenvalue weighted by molar-refractivity contribution is 7.98. The highest BCUT2D eigenvalue weighted by atomic mass is 35.5. The second kappa shape index (κ2) is 8.48. The smallest absolute Gasteiger partial charge is 0.251 e. The zero-order valence-corrected chi connectivity index (χ0v) is 16.7. The molecule has 4 rings (SSSR count). The lowest BCUT2D eigenvalue weighted by Gasteiger charge is -2.27. The van der Waals surface area contributed by atoms with Crippen molar-refractivity contribution in [2.45, 2.75) is 49.1 Å². The number of carbonyl (C=O) groups excluding carboxylic acids is 1. The summed E-state index contributed by atoms with van der Waals surface area (Å²) in [6, 6.07) is 9.97. The van der Waals surface area contributed by atoms with E-state index < -0.39 is 0 Å². The molecule has 2 aliphatic rings. The molecule has 142 valence electrons. The quantitative estimate of drug-likeness (QED) is 0.443. The van der Waals surface area contributed by atoms with E-state index in [0.717, 1.165) is 43.1 Å². The number of amides is 1. The van der Waals surface area contributed by atoms with Gasteiger partial charge in [-0.05, 0) is 49.8 Å². The van der Waals surface area contributed by atoms with Gasteiger partial charge < -0.3 is 10.2 Å². The summed E-state index contributed by atoms with van der Waals surface area (Å²) in [7, 11) is 0. The van der Waals surface area contributed by atoms with Gasteiger partial charge in [0.15, 0.2) is 5.16 Å². The molecule has 1 amide bonds. The van der Waals surface area contributed by atoms with Gasteiger partial charge in [-0.1, -0.05) is 35.5 Å². The molecule has 1 aromatic heterocycles. The fraction of sp³-hybridized carbons (Fsp3) is 0.450. The van der Waals surface area contributed by atoms with Crippen LogP contribution < -0.4 is 10.2 Å². The first-order chi connectivity index (χ1) is 13.2. The molecule has 1 saturated carbocycles. The summed E-state index contributed by atoms with van der Waals surface area (Å²) in [6.45, 7) is 2.06. The number of hydrogen-bond acceptors (Lipinski definition) is 5. The first-order valence-electron chi connectivity index (χ1n) is 9.49. The van der Waals surface area contributed by atoms with Crippen LogP contribution in [0.25, 0.3) is 0 Å². The van der Waals surface area contributed by atoms with Crippen molar-refractivity contribution in [1.82, 2.24) is 15.3 Å². The van der Waals surface area contributed by atoms with E-state index in [-0.39, 0.29) is 5.91 Å². The number of carbonyl (C=O) groups is 1. The van der Waals surface area contributed by atoms with E-state index in [2.05, 4.69) is 20.2 Å². The zero-order chi connectivity index (χ0) is 18.6. The third kappa shape index (κ3) is 5.14. The van der Waals surface area contributed by atoms with Gasteiger partial charge in [0.25, 0.3) is 5.91 Å². The Morgan fingerprint density at radius 1 is 1.15 bits per heavy atom. The van der Waals surface area contributed by atoms with Crippen LogP contribution in [0.4, 0.5) is 5.82 Å². The van der Waals surface area contributed by atoms with Crippen molar-refractivity contribution in [1.29, 1.82) is 0 Å². The summed E-state index contributed by atoms with van der Waals surface area (Å²) in [5.41, 5.74) is 1.84. The summed E-state index contributed by atoms with van der Waals surface area (Å²) < 4.78 is 0. The number of thioether (sulfide) groups is 1. The van der Waals surface area contributed by atoms with Crippen molar-refractivity contribution >= 4 is 35.1 Å². The van der Waals surface area contributed by atoms with Crippen LogP contribution in [-0.2, 0) is 5.75 Å². The molecule has 0 bridgehead atoms. The van der Waals surface area contributed by atoms with Gasteiger partial charge in [-0.2, -0.15) is 0 Å². The van der Waals surface area contributed by atoms with Crippen LogP contribution in [0.3, 0.4) is 0 Å². The largest absolute Gasteiger partial charge is 0.356 e. The minimum Gasteiger partial charge on any atom is -0.356 e. The number of hydrogen-bond donors (Lipinski definition) is 1. The number of halogens is 1. The van der Waals surface area contributed by atoms with E-state index in [1.54, 1.807) is 11.8 Å². The molecule has 7 heteroatoms. The Morgan fingerprint density at radius 2 is 1.89 bits per heavy atom. The van der Waals surface area contributed by atoms with Gasteiger partial charge in [0, 0.05) is 36.5 Å². The molecule has 2 heterocycles. The minimum absolute atomic E-state index is 0.0149. The molecule has 2 fully saturated rings. The summed E-state index contributed by atoms with van der Waals surface area (Å²) in [5.74, 6) is 1.68. The van der Waals surface area contributed by atoms with Crippen LogP contribution in [-0.4, -0.2) is 35.0 Å². The Morgan fingerprint density at radius 3 is 2.59 bits per heavy atom. The molecule has 1 aromatic carbocycles. The Bertz CT molecular complexity index is 804. The predicted octanol–water partition coefficient (Wildman–Crippen LogP) is 4.30. The predicted molar refractivity (Wildman–Crippen MR) is 110 cm³/mol. The molecule has 0 unspecified atom stereocenters. The van der Waals surface area contributed by atoms with E-state index in [0.29, 0.717) is 21.9 Å². The van der Waals surface area contributed by atoms with Gasteiger partial charge in [0.05, 0.1) is 0 Å².